The van der Waals surface area contributed by atoms with Crippen molar-refractivity contribution in [2.24, 2.45) is 0 Å². The van der Waals surface area contributed by atoms with Crippen molar-refractivity contribution in [3.63, 3.8) is 0 Å². The van der Waals surface area contributed by atoms with E-state index in [1.165, 1.54) is 109 Å². The molecule has 0 aromatic rings. The first-order chi connectivity index (χ1) is 33.6. The van der Waals surface area contributed by atoms with Gasteiger partial charge in [-0.05, 0) is 96.3 Å². The van der Waals surface area contributed by atoms with Crippen LogP contribution in [-0.4, -0.2) is 37.9 Å². The van der Waals surface area contributed by atoms with E-state index < -0.39 is 6.10 Å². The number of unbranched alkanes of at least 4 members (excludes halogenated alkanes) is 25. The van der Waals surface area contributed by atoms with Crippen LogP contribution in [0, 0.1) is 0 Å². The lowest BCUT2D eigenvalue weighted by atomic mass is 10.0. The molecule has 0 aliphatic carbocycles. The first kappa shape index (κ1) is 64.8. The van der Waals surface area contributed by atoms with Crippen LogP contribution in [0.2, 0.25) is 0 Å². The van der Waals surface area contributed by atoms with Crippen molar-refractivity contribution in [1.82, 2.24) is 0 Å². The fraction of sp³-hybridized carbons (Fsp3) is 0.714. The fourth-order valence-corrected chi connectivity index (χ4v) is 7.90. The second kappa shape index (κ2) is 58.1. The molecular weight excluding hydrogens is 837 g/mol. The summed E-state index contributed by atoms with van der Waals surface area (Å²) < 4.78 is 17.4. The highest BCUT2D eigenvalue weighted by Gasteiger charge is 2.17. The van der Waals surface area contributed by atoms with Crippen LogP contribution in [0.25, 0.3) is 0 Å². The Morgan fingerprint density at radius 1 is 0.338 bits per heavy atom. The van der Waals surface area contributed by atoms with E-state index in [-0.39, 0.29) is 25.2 Å². The number of ether oxygens (including phenoxy) is 3. The molecule has 0 aliphatic rings. The van der Waals surface area contributed by atoms with Crippen molar-refractivity contribution < 1.29 is 23.8 Å². The third-order valence-corrected chi connectivity index (χ3v) is 12.1. The Morgan fingerprint density at radius 3 is 1.06 bits per heavy atom. The molecule has 0 amide bonds. The van der Waals surface area contributed by atoms with Gasteiger partial charge in [0.2, 0.25) is 0 Å². The van der Waals surface area contributed by atoms with Gasteiger partial charge in [0.15, 0.2) is 6.10 Å². The van der Waals surface area contributed by atoms with Gasteiger partial charge in [-0.15, -0.1) is 0 Å². The highest BCUT2D eigenvalue weighted by molar-refractivity contribution is 5.70. The van der Waals surface area contributed by atoms with Gasteiger partial charge >= 0.3 is 11.9 Å². The van der Waals surface area contributed by atoms with Crippen molar-refractivity contribution in [3.8, 4) is 0 Å². The normalized spacial score (nSPS) is 12.9. The van der Waals surface area contributed by atoms with Gasteiger partial charge in [-0.1, -0.05) is 253 Å². The van der Waals surface area contributed by atoms with Gasteiger partial charge in [-0.25, -0.2) is 0 Å². The SMILES string of the molecule is CC/C=C\C/C=C\C/C=C\C/C=C\CCCCCCC(=O)OC(COCCCCC/C=C\C/C=C\C/C=C\C/C=C\CC)COC(=O)CCCCCCCCCCCCCCCCCCCCC. The van der Waals surface area contributed by atoms with E-state index in [4.69, 9.17) is 14.2 Å². The molecular formula is C63H108O5. The minimum absolute atomic E-state index is 0.0599. The molecule has 1 unspecified atom stereocenters. The van der Waals surface area contributed by atoms with Crippen LogP contribution in [0.3, 0.4) is 0 Å². The smallest absolute Gasteiger partial charge is 0.306 e. The fourth-order valence-electron chi connectivity index (χ4n) is 7.90. The summed E-state index contributed by atoms with van der Waals surface area (Å²) in [7, 11) is 0. The van der Waals surface area contributed by atoms with Crippen LogP contribution in [-0.2, 0) is 23.8 Å². The van der Waals surface area contributed by atoms with Crippen LogP contribution in [0.5, 0.6) is 0 Å². The lowest BCUT2D eigenvalue weighted by Crippen LogP contribution is -2.30. The summed E-state index contributed by atoms with van der Waals surface area (Å²) in [6.07, 6.45) is 78.6. The van der Waals surface area contributed by atoms with Gasteiger partial charge in [0.1, 0.15) is 6.61 Å². The minimum atomic E-state index is -0.570. The molecule has 1 atom stereocenters. The molecule has 0 saturated heterocycles. The Balaban J connectivity index is 4.35. The van der Waals surface area contributed by atoms with E-state index >= 15 is 0 Å². The lowest BCUT2D eigenvalue weighted by Gasteiger charge is -2.18. The summed E-state index contributed by atoms with van der Waals surface area (Å²) in [4.78, 5) is 25.5. The highest BCUT2D eigenvalue weighted by Crippen LogP contribution is 2.16. The topological polar surface area (TPSA) is 61.8 Å². The summed E-state index contributed by atoms with van der Waals surface area (Å²) in [5.41, 5.74) is 0. The number of allylic oxidation sites excluding steroid dienone is 16. The predicted molar refractivity (Wildman–Crippen MR) is 297 cm³/mol. The summed E-state index contributed by atoms with van der Waals surface area (Å²) in [5.74, 6) is -0.438. The molecule has 0 spiro atoms. The number of hydrogen-bond acceptors (Lipinski definition) is 5. The summed E-state index contributed by atoms with van der Waals surface area (Å²) in [6.45, 7) is 7.53. The number of hydrogen-bond donors (Lipinski definition) is 0. The molecule has 0 aliphatic heterocycles. The largest absolute Gasteiger partial charge is 0.462 e. The lowest BCUT2D eigenvalue weighted by molar-refractivity contribution is -0.163. The maximum Gasteiger partial charge on any atom is 0.306 e. The van der Waals surface area contributed by atoms with Gasteiger partial charge < -0.3 is 14.2 Å². The van der Waals surface area contributed by atoms with Crippen LogP contribution in [0.4, 0.5) is 0 Å². The quantitative estimate of drug-likeness (QED) is 0.0345. The van der Waals surface area contributed by atoms with Crippen molar-refractivity contribution in [1.29, 1.82) is 0 Å². The molecule has 0 aromatic heterocycles. The third kappa shape index (κ3) is 55.4. The molecule has 68 heavy (non-hydrogen) atoms. The Kier molecular flexibility index (Phi) is 55.4. The molecule has 0 saturated carbocycles. The van der Waals surface area contributed by atoms with E-state index in [0.717, 1.165) is 122 Å². The van der Waals surface area contributed by atoms with Gasteiger partial charge in [0.25, 0.3) is 0 Å². The van der Waals surface area contributed by atoms with Gasteiger partial charge in [-0.3, -0.25) is 9.59 Å². The summed E-state index contributed by atoms with van der Waals surface area (Å²) in [5, 5.41) is 0. The van der Waals surface area contributed by atoms with E-state index in [9.17, 15) is 9.59 Å². The molecule has 390 valence electrons. The second-order valence-electron chi connectivity index (χ2n) is 18.8. The number of carbonyl (C=O) groups is 2. The molecule has 0 aromatic carbocycles. The van der Waals surface area contributed by atoms with Crippen LogP contribution in [0.15, 0.2) is 97.2 Å². The Labute approximate surface area is 422 Å². The average molecular weight is 946 g/mol. The van der Waals surface area contributed by atoms with Crippen molar-refractivity contribution in [2.75, 3.05) is 19.8 Å². The van der Waals surface area contributed by atoms with Crippen LogP contribution >= 0.6 is 0 Å². The summed E-state index contributed by atoms with van der Waals surface area (Å²) in [6, 6.07) is 0. The van der Waals surface area contributed by atoms with E-state index in [1.54, 1.807) is 0 Å². The summed E-state index contributed by atoms with van der Waals surface area (Å²) >= 11 is 0. The molecule has 0 bridgehead atoms. The Bertz CT molecular complexity index is 1300. The highest BCUT2D eigenvalue weighted by atomic mass is 16.6. The molecule has 0 fully saturated rings. The van der Waals surface area contributed by atoms with E-state index in [2.05, 4.69) is 118 Å². The Morgan fingerprint density at radius 2 is 0.662 bits per heavy atom. The van der Waals surface area contributed by atoms with Crippen molar-refractivity contribution >= 4 is 11.9 Å². The maximum absolute atomic E-state index is 12.9. The minimum Gasteiger partial charge on any atom is -0.462 e. The molecule has 0 heterocycles. The number of esters is 2. The van der Waals surface area contributed by atoms with E-state index in [1.807, 2.05) is 0 Å². The zero-order valence-electron chi connectivity index (χ0n) is 44.8. The number of rotatable bonds is 52. The molecule has 5 heteroatoms. The average Bonchev–Trinajstić information content (AvgIpc) is 3.34. The molecule has 0 N–H and O–H groups in total. The number of carbonyl (C=O) groups excluding carboxylic acids is 2. The zero-order valence-corrected chi connectivity index (χ0v) is 44.8. The van der Waals surface area contributed by atoms with Crippen molar-refractivity contribution in [2.45, 2.75) is 271 Å². The zero-order chi connectivity index (χ0) is 49.2. The first-order valence-corrected chi connectivity index (χ1v) is 28.8. The van der Waals surface area contributed by atoms with Crippen molar-refractivity contribution in [3.05, 3.63) is 97.2 Å². The second-order valence-corrected chi connectivity index (χ2v) is 18.8. The third-order valence-electron chi connectivity index (χ3n) is 12.1. The van der Waals surface area contributed by atoms with Gasteiger partial charge in [0.05, 0.1) is 6.61 Å². The molecule has 5 nitrogen and oxygen atoms in total. The van der Waals surface area contributed by atoms with E-state index in [0.29, 0.717) is 19.4 Å². The Hall–Kier alpha value is -3.18. The van der Waals surface area contributed by atoms with Crippen LogP contribution in [0.1, 0.15) is 265 Å². The molecule has 0 radical (unpaired) electrons. The molecule has 0 rings (SSSR count). The van der Waals surface area contributed by atoms with Crippen LogP contribution < -0.4 is 0 Å². The maximum atomic E-state index is 12.9. The van der Waals surface area contributed by atoms with Gasteiger partial charge in [-0.2, -0.15) is 0 Å². The van der Waals surface area contributed by atoms with Gasteiger partial charge in [0, 0.05) is 19.4 Å². The predicted octanol–water partition coefficient (Wildman–Crippen LogP) is 19.8. The first-order valence-electron chi connectivity index (χ1n) is 28.8. The monoisotopic (exact) mass is 945 g/mol. The standard InChI is InChI=1S/C63H108O5/c1-4-7-10-13-16-19-22-25-28-31-32-34-35-38-41-44-47-50-53-56-62(64)67-60-61(59-66-58-55-52-49-46-43-40-37-30-27-24-21-18-15-12-9-6-3)68-63(65)57-54-51-48-45-42-39-36-33-29-26-23-20-17-14-11-8-5-2/h8-9,11-12,17-18,20-21,26-27,29-30,36,39-40,43,61H,4-7,10,13-16,19,22-25,28,31-35,37-38,41-42,44-60H2,1-3H3/b11-8-,12-9-,20-17-,21-18-,29-26-,30-27-,39-36-,43-40-.